The summed E-state index contributed by atoms with van der Waals surface area (Å²) in [5.41, 5.74) is 0. The van der Waals surface area contributed by atoms with E-state index in [2.05, 4.69) is 142 Å². The van der Waals surface area contributed by atoms with Crippen molar-refractivity contribution in [2.24, 2.45) is 0 Å². The first-order valence-corrected chi connectivity index (χ1v) is 25.1. The summed E-state index contributed by atoms with van der Waals surface area (Å²) in [6.45, 7) is 7.37. The third kappa shape index (κ3) is 49.0. The minimum atomic E-state index is -0.577. The maximum absolute atomic E-state index is 12.8. The van der Waals surface area contributed by atoms with E-state index in [0.29, 0.717) is 19.4 Å². The maximum Gasteiger partial charge on any atom is 0.306 e. The van der Waals surface area contributed by atoms with Gasteiger partial charge in [0, 0.05) is 19.4 Å². The summed E-state index contributed by atoms with van der Waals surface area (Å²) in [5.74, 6) is -0.470. The van der Waals surface area contributed by atoms with Crippen molar-refractivity contribution in [2.75, 3.05) is 19.8 Å². The Morgan fingerprint density at radius 3 is 1.10 bits per heavy atom. The van der Waals surface area contributed by atoms with Crippen molar-refractivity contribution in [1.29, 1.82) is 0 Å². The van der Waals surface area contributed by atoms with E-state index in [4.69, 9.17) is 14.2 Å². The number of allylic oxidation sites excluding steroid dienone is 20. The van der Waals surface area contributed by atoms with E-state index in [1.807, 2.05) is 0 Å². The molecule has 1 unspecified atom stereocenters. The van der Waals surface area contributed by atoms with E-state index < -0.39 is 6.10 Å². The Morgan fingerprint density at radius 2 is 0.677 bits per heavy atom. The van der Waals surface area contributed by atoms with Gasteiger partial charge in [0.1, 0.15) is 6.61 Å². The lowest BCUT2D eigenvalue weighted by Gasteiger charge is -2.18. The third-order valence-corrected chi connectivity index (χ3v) is 9.97. The van der Waals surface area contributed by atoms with E-state index in [1.165, 1.54) is 25.7 Å². The molecule has 350 valence electrons. The molecule has 5 nitrogen and oxygen atoms in total. The maximum atomic E-state index is 12.8. The van der Waals surface area contributed by atoms with Crippen LogP contribution in [0.5, 0.6) is 0 Å². The molecule has 0 N–H and O–H groups in total. The summed E-state index contributed by atoms with van der Waals surface area (Å²) in [6.07, 6.45) is 72.1. The molecule has 0 heterocycles. The topological polar surface area (TPSA) is 61.8 Å². The zero-order valence-electron chi connectivity index (χ0n) is 40.1. The lowest BCUT2D eigenvalue weighted by atomic mass is 10.1. The smallest absolute Gasteiger partial charge is 0.306 e. The summed E-state index contributed by atoms with van der Waals surface area (Å²) >= 11 is 0. The van der Waals surface area contributed by atoms with E-state index in [9.17, 15) is 9.59 Å². The van der Waals surface area contributed by atoms with Gasteiger partial charge in [0.05, 0.1) is 6.61 Å². The Balaban J connectivity index is 4.37. The van der Waals surface area contributed by atoms with Crippen LogP contribution in [0.4, 0.5) is 0 Å². The summed E-state index contributed by atoms with van der Waals surface area (Å²) in [6, 6.07) is 0. The first-order chi connectivity index (χ1) is 30.6. The highest BCUT2D eigenvalue weighted by atomic mass is 16.6. The molecule has 0 bridgehead atoms. The molecule has 0 fully saturated rings. The number of carbonyl (C=O) groups is 2. The first kappa shape index (κ1) is 58.3. The number of hydrogen-bond acceptors (Lipinski definition) is 5. The molecule has 1 atom stereocenters. The van der Waals surface area contributed by atoms with Crippen molar-refractivity contribution >= 4 is 11.9 Å². The van der Waals surface area contributed by atoms with Crippen LogP contribution >= 0.6 is 0 Å². The molecule has 0 saturated carbocycles. The Kier molecular flexibility index (Phi) is 48.6. The average molecular weight is 857 g/mol. The van der Waals surface area contributed by atoms with Gasteiger partial charge in [-0.3, -0.25) is 9.59 Å². The molecule has 0 aromatic heterocycles. The number of rotatable bonds is 44. The zero-order valence-corrected chi connectivity index (χ0v) is 40.1. The van der Waals surface area contributed by atoms with E-state index in [-0.39, 0.29) is 25.2 Å². The molecule has 0 rings (SSSR count). The molecule has 62 heavy (non-hydrogen) atoms. The molecule has 0 aromatic rings. The molecule has 0 radical (unpaired) electrons. The molecule has 0 aliphatic heterocycles. The lowest BCUT2D eigenvalue weighted by molar-refractivity contribution is -0.163. The third-order valence-electron chi connectivity index (χ3n) is 9.97. The molecule has 0 spiro atoms. The normalized spacial score (nSPS) is 13.3. The van der Waals surface area contributed by atoms with Crippen LogP contribution < -0.4 is 0 Å². The van der Waals surface area contributed by atoms with Crippen LogP contribution in [0, 0.1) is 0 Å². The van der Waals surface area contributed by atoms with Gasteiger partial charge in [-0.25, -0.2) is 0 Å². The minimum Gasteiger partial charge on any atom is -0.462 e. The second kappa shape index (κ2) is 51.6. The van der Waals surface area contributed by atoms with Crippen LogP contribution in [0.25, 0.3) is 0 Å². The number of hydrogen-bond donors (Lipinski definition) is 0. The summed E-state index contributed by atoms with van der Waals surface area (Å²) < 4.78 is 17.3. The SMILES string of the molecule is CC/C=C\C/C=C\C/C=C\C/C=C\CCCCCCCCC(=O)OCC(COCCCCCC/C=C\C/C=C\C/C=C\CC)OC(=O)CCCCC/C=C\C/C=C\C/C=C\CC. The van der Waals surface area contributed by atoms with Crippen molar-refractivity contribution in [3.05, 3.63) is 122 Å². The Hall–Kier alpha value is -3.70. The van der Waals surface area contributed by atoms with E-state index >= 15 is 0 Å². The van der Waals surface area contributed by atoms with Crippen LogP contribution in [0.1, 0.15) is 201 Å². The molecular weight excluding hydrogens is 765 g/mol. The van der Waals surface area contributed by atoms with Crippen molar-refractivity contribution < 1.29 is 23.8 Å². The Morgan fingerprint density at radius 1 is 0.355 bits per heavy atom. The predicted octanol–water partition coefficient (Wildman–Crippen LogP) is 17.0. The largest absolute Gasteiger partial charge is 0.462 e. The highest BCUT2D eigenvalue weighted by Gasteiger charge is 2.17. The summed E-state index contributed by atoms with van der Waals surface area (Å²) in [4.78, 5) is 25.4. The van der Waals surface area contributed by atoms with Crippen LogP contribution in [-0.4, -0.2) is 37.9 Å². The van der Waals surface area contributed by atoms with Crippen LogP contribution in [-0.2, 0) is 23.8 Å². The monoisotopic (exact) mass is 857 g/mol. The molecule has 0 amide bonds. The predicted molar refractivity (Wildman–Crippen MR) is 269 cm³/mol. The lowest BCUT2D eigenvalue weighted by Crippen LogP contribution is -2.30. The number of esters is 2. The van der Waals surface area contributed by atoms with Gasteiger partial charge in [-0.2, -0.15) is 0 Å². The highest BCUT2D eigenvalue weighted by molar-refractivity contribution is 5.70. The highest BCUT2D eigenvalue weighted by Crippen LogP contribution is 2.12. The minimum absolute atomic E-state index is 0.0486. The van der Waals surface area contributed by atoms with Gasteiger partial charge in [0.2, 0.25) is 0 Å². The van der Waals surface area contributed by atoms with Crippen LogP contribution in [0.2, 0.25) is 0 Å². The summed E-state index contributed by atoms with van der Waals surface area (Å²) in [7, 11) is 0. The molecule has 0 aliphatic carbocycles. The summed E-state index contributed by atoms with van der Waals surface area (Å²) in [5, 5.41) is 0. The van der Waals surface area contributed by atoms with Crippen LogP contribution in [0.15, 0.2) is 122 Å². The quantitative estimate of drug-likeness (QED) is 0.0347. The van der Waals surface area contributed by atoms with Gasteiger partial charge in [-0.15, -0.1) is 0 Å². The van der Waals surface area contributed by atoms with Gasteiger partial charge in [0.25, 0.3) is 0 Å². The zero-order chi connectivity index (χ0) is 44.9. The molecule has 0 saturated heterocycles. The van der Waals surface area contributed by atoms with Gasteiger partial charge < -0.3 is 14.2 Å². The van der Waals surface area contributed by atoms with E-state index in [1.54, 1.807) is 0 Å². The Labute approximate surface area is 382 Å². The van der Waals surface area contributed by atoms with Gasteiger partial charge in [0.15, 0.2) is 6.10 Å². The number of ether oxygens (including phenoxy) is 3. The van der Waals surface area contributed by atoms with E-state index in [0.717, 1.165) is 141 Å². The van der Waals surface area contributed by atoms with Gasteiger partial charge in [-0.05, 0) is 122 Å². The second-order valence-corrected chi connectivity index (χ2v) is 15.9. The molecule has 5 heteroatoms. The van der Waals surface area contributed by atoms with Crippen molar-refractivity contribution in [3.8, 4) is 0 Å². The number of carbonyl (C=O) groups excluding carboxylic acids is 2. The van der Waals surface area contributed by atoms with Gasteiger partial charge in [-0.1, -0.05) is 187 Å². The fourth-order valence-electron chi connectivity index (χ4n) is 6.35. The van der Waals surface area contributed by atoms with Crippen molar-refractivity contribution in [2.45, 2.75) is 207 Å². The second-order valence-electron chi connectivity index (χ2n) is 15.9. The average Bonchev–Trinajstić information content (AvgIpc) is 3.27. The molecule has 0 aliphatic rings. The Bertz CT molecular complexity index is 1290. The molecular formula is C57H92O5. The fourth-order valence-corrected chi connectivity index (χ4v) is 6.35. The fraction of sp³-hybridized carbons (Fsp3) is 0.614. The molecule has 0 aromatic carbocycles. The van der Waals surface area contributed by atoms with Crippen LogP contribution in [0.3, 0.4) is 0 Å². The first-order valence-electron chi connectivity index (χ1n) is 25.1. The van der Waals surface area contributed by atoms with Crippen molar-refractivity contribution in [3.63, 3.8) is 0 Å². The van der Waals surface area contributed by atoms with Gasteiger partial charge >= 0.3 is 11.9 Å². The van der Waals surface area contributed by atoms with Crippen molar-refractivity contribution in [1.82, 2.24) is 0 Å². The standard InChI is InChI=1S/C57H92O5/c1-4-7-10-13-16-19-22-25-27-28-29-30-31-33-35-38-41-44-47-50-56(58)61-54-55(53-60-52-49-46-43-40-37-34-26-23-20-17-14-11-8-5-2)62-57(59)51-48-45-42-39-36-32-24-21-18-15-12-9-6-3/h7-12,16-21,25-27,29-30,32,34,36,55H,4-6,13-15,22-24,28,31,33,35,37-54H2,1-3H3/b10-7-,11-8-,12-9-,19-16-,20-17-,21-18-,27-25-,30-29-,34-26-,36-32-. The number of unbranched alkanes of at least 4 members (excludes halogenated alkanes) is 13.